The van der Waals surface area contributed by atoms with E-state index in [4.69, 9.17) is 0 Å². The molecule has 1 amide bonds. The largest absolute Gasteiger partial charge is 0.480 e. The van der Waals surface area contributed by atoms with Crippen LogP contribution in [0.1, 0.15) is 44.1 Å². The highest BCUT2D eigenvalue weighted by molar-refractivity contribution is 5.87. The van der Waals surface area contributed by atoms with Gasteiger partial charge in [0.2, 0.25) is 5.91 Å². The van der Waals surface area contributed by atoms with Crippen molar-refractivity contribution in [3.8, 4) is 0 Å². The molecule has 1 aromatic rings. The van der Waals surface area contributed by atoms with Gasteiger partial charge in [0.1, 0.15) is 5.54 Å². The van der Waals surface area contributed by atoms with Crippen LogP contribution in [-0.2, 0) is 23.1 Å². The van der Waals surface area contributed by atoms with Crippen molar-refractivity contribution in [3.05, 3.63) is 18.0 Å². The van der Waals surface area contributed by atoms with Crippen LogP contribution in [0, 0.1) is 0 Å². The van der Waals surface area contributed by atoms with Gasteiger partial charge in [0.15, 0.2) is 0 Å². The lowest BCUT2D eigenvalue weighted by Gasteiger charge is -2.34. The molecule has 0 spiro atoms. The third kappa shape index (κ3) is 3.37. The van der Waals surface area contributed by atoms with Crippen molar-refractivity contribution < 1.29 is 14.7 Å². The number of nitrogens with one attached hydrogen (secondary N) is 1. The van der Waals surface area contributed by atoms with Gasteiger partial charge in [-0.05, 0) is 24.8 Å². The quantitative estimate of drug-likeness (QED) is 0.849. The zero-order chi connectivity index (χ0) is 14.6. The second kappa shape index (κ2) is 6.07. The van der Waals surface area contributed by atoms with Gasteiger partial charge in [-0.25, -0.2) is 4.79 Å². The predicted molar refractivity (Wildman–Crippen MR) is 73.1 cm³/mol. The smallest absolute Gasteiger partial charge is 0.329 e. The van der Waals surface area contributed by atoms with Gasteiger partial charge in [-0.2, -0.15) is 5.10 Å². The highest BCUT2D eigenvalue weighted by atomic mass is 16.4. The zero-order valence-electron chi connectivity index (χ0n) is 11.8. The van der Waals surface area contributed by atoms with E-state index in [0.717, 1.165) is 24.8 Å². The van der Waals surface area contributed by atoms with Crippen LogP contribution in [0.5, 0.6) is 0 Å². The molecule has 0 radical (unpaired) electrons. The molecule has 1 aliphatic rings. The summed E-state index contributed by atoms with van der Waals surface area (Å²) in [4.78, 5) is 23.5. The molecule has 1 aliphatic carbocycles. The molecule has 1 aromatic heterocycles. The van der Waals surface area contributed by atoms with Crippen LogP contribution < -0.4 is 5.32 Å². The molecule has 0 saturated heterocycles. The number of carbonyl (C=O) groups is 2. The van der Waals surface area contributed by atoms with E-state index in [1.165, 1.54) is 0 Å². The van der Waals surface area contributed by atoms with Crippen LogP contribution in [0.2, 0.25) is 0 Å². The number of hydrogen-bond donors (Lipinski definition) is 2. The maximum atomic E-state index is 12.0. The Balaban J connectivity index is 1.90. The summed E-state index contributed by atoms with van der Waals surface area (Å²) < 4.78 is 1.69. The van der Waals surface area contributed by atoms with Crippen molar-refractivity contribution in [1.29, 1.82) is 0 Å². The zero-order valence-corrected chi connectivity index (χ0v) is 11.8. The molecule has 0 atom stereocenters. The third-order valence-electron chi connectivity index (χ3n) is 3.89. The number of carboxylic acids is 1. The Kier molecular flexibility index (Phi) is 4.42. The molecule has 0 unspecified atom stereocenters. The molecule has 20 heavy (non-hydrogen) atoms. The van der Waals surface area contributed by atoms with Crippen LogP contribution in [0.3, 0.4) is 0 Å². The number of aromatic nitrogens is 2. The lowest BCUT2D eigenvalue weighted by atomic mass is 9.81. The number of hydrogen-bond acceptors (Lipinski definition) is 3. The Hall–Kier alpha value is -1.85. The molecule has 1 heterocycles. The SMILES string of the molecule is Cn1cc(CCC(=O)NC2(C(=O)O)CCCCC2)cn1. The van der Waals surface area contributed by atoms with Crippen LogP contribution in [0.4, 0.5) is 0 Å². The summed E-state index contributed by atoms with van der Waals surface area (Å²) in [6.07, 6.45) is 8.27. The predicted octanol–water partition coefficient (Wildman–Crippen LogP) is 1.26. The first kappa shape index (κ1) is 14.6. The topological polar surface area (TPSA) is 84.2 Å². The van der Waals surface area contributed by atoms with Crippen molar-refractivity contribution in [2.45, 2.75) is 50.5 Å². The lowest BCUT2D eigenvalue weighted by Crippen LogP contribution is -2.55. The molecule has 6 nitrogen and oxygen atoms in total. The molecule has 2 rings (SSSR count). The molecule has 1 fully saturated rings. The normalized spacial score (nSPS) is 17.6. The number of carboxylic acid groups (broad SMARTS) is 1. The summed E-state index contributed by atoms with van der Waals surface area (Å²) in [7, 11) is 1.82. The van der Waals surface area contributed by atoms with Crippen LogP contribution in [0.25, 0.3) is 0 Å². The van der Waals surface area contributed by atoms with E-state index >= 15 is 0 Å². The number of aliphatic carboxylic acids is 1. The Labute approximate surface area is 118 Å². The maximum Gasteiger partial charge on any atom is 0.329 e. The summed E-state index contributed by atoms with van der Waals surface area (Å²) in [6, 6.07) is 0. The van der Waals surface area contributed by atoms with E-state index in [1.54, 1.807) is 10.9 Å². The molecule has 110 valence electrons. The summed E-state index contributed by atoms with van der Waals surface area (Å²) in [5.41, 5.74) is -0.0692. The Morgan fingerprint density at radius 1 is 1.40 bits per heavy atom. The van der Waals surface area contributed by atoms with Gasteiger partial charge in [0.25, 0.3) is 0 Å². The van der Waals surface area contributed by atoms with Crippen LogP contribution >= 0.6 is 0 Å². The minimum Gasteiger partial charge on any atom is -0.480 e. The average molecular weight is 279 g/mol. The van der Waals surface area contributed by atoms with E-state index in [9.17, 15) is 14.7 Å². The molecule has 1 saturated carbocycles. The van der Waals surface area contributed by atoms with Crippen molar-refractivity contribution in [2.75, 3.05) is 0 Å². The summed E-state index contributed by atoms with van der Waals surface area (Å²) in [5.74, 6) is -1.11. The van der Waals surface area contributed by atoms with Crippen molar-refractivity contribution in [3.63, 3.8) is 0 Å². The van der Waals surface area contributed by atoms with Gasteiger partial charge >= 0.3 is 5.97 Å². The first-order chi connectivity index (χ1) is 9.52. The molecular weight excluding hydrogens is 258 g/mol. The van der Waals surface area contributed by atoms with E-state index in [1.807, 2.05) is 13.2 Å². The summed E-state index contributed by atoms with van der Waals surface area (Å²) >= 11 is 0. The average Bonchev–Trinajstić information content (AvgIpc) is 2.83. The second-order valence-electron chi connectivity index (χ2n) is 5.52. The number of carbonyl (C=O) groups excluding carboxylic acids is 1. The molecule has 0 bridgehead atoms. The van der Waals surface area contributed by atoms with Crippen LogP contribution in [-0.4, -0.2) is 32.3 Å². The van der Waals surface area contributed by atoms with Gasteiger partial charge in [0, 0.05) is 19.7 Å². The van der Waals surface area contributed by atoms with Gasteiger partial charge in [-0.1, -0.05) is 19.3 Å². The summed E-state index contributed by atoms with van der Waals surface area (Å²) in [5, 5.41) is 16.2. The number of aryl methyl sites for hydroxylation is 2. The molecular formula is C14H21N3O3. The first-order valence-electron chi connectivity index (χ1n) is 7.04. The Morgan fingerprint density at radius 3 is 2.65 bits per heavy atom. The van der Waals surface area contributed by atoms with Crippen LogP contribution in [0.15, 0.2) is 12.4 Å². The van der Waals surface area contributed by atoms with E-state index < -0.39 is 11.5 Å². The van der Waals surface area contributed by atoms with E-state index in [0.29, 0.717) is 25.7 Å². The fourth-order valence-corrected chi connectivity index (χ4v) is 2.74. The molecule has 0 aliphatic heterocycles. The summed E-state index contributed by atoms with van der Waals surface area (Å²) in [6.45, 7) is 0. The number of amides is 1. The molecule has 0 aromatic carbocycles. The third-order valence-corrected chi connectivity index (χ3v) is 3.89. The standard InChI is InChI=1S/C14H21N3O3/c1-17-10-11(9-15-17)5-6-12(18)16-14(13(19)20)7-3-2-4-8-14/h9-10H,2-8H2,1H3,(H,16,18)(H,19,20). The Bertz CT molecular complexity index is 490. The van der Waals surface area contributed by atoms with Gasteiger partial charge < -0.3 is 10.4 Å². The fourth-order valence-electron chi connectivity index (χ4n) is 2.74. The minimum atomic E-state index is -1.05. The van der Waals surface area contributed by atoms with E-state index in [2.05, 4.69) is 10.4 Å². The number of nitrogens with zero attached hydrogens (tertiary/aromatic N) is 2. The van der Waals surface area contributed by atoms with Crippen molar-refractivity contribution >= 4 is 11.9 Å². The second-order valence-corrected chi connectivity index (χ2v) is 5.52. The minimum absolute atomic E-state index is 0.196. The van der Waals surface area contributed by atoms with E-state index in [-0.39, 0.29) is 5.91 Å². The molecule has 6 heteroatoms. The van der Waals surface area contributed by atoms with Gasteiger partial charge in [0.05, 0.1) is 6.20 Å². The monoisotopic (exact) mass is 279 g/mol. The van der Waals surface area contributed by atoms with Gasteiger partial charge in [-0.3, -0.25) is 9.48 Å². The lowest BCUT2D eigenvalue weighted by molar-refractivity contribution is -0.149. The van der Waals surface area contributed by atoms with Crippen molar-refractivity contribution in [1.82, 2.24) is 15.1 Å². The molecule has 2 N–H and O–H groups in total. The maximum absolute atomic E-state index is 12.0. The highest BCUT2D eigenvalue weighted by Gasteiger charge is 2.40. The Morgan fingerprint density at radius 2 is 2.10 bits per heavy atom. The highest BCUT2D eigenvalue weighted by Crippen LogP contribution is 2.28. The fraction of sp³-hybridized carbons (Fsp3) is 0.643. The van der Waals surface area contributed by atoms with Crippen molar-refractivity contribution in [2.24, 2.45) is 7.05 Å². The number of rotatable bonds is 5. The first-order valence-corrected chi connectivity index (χ1v) is 7.04. The van der Waals surface area contributed by atoms with Gasteiger partial charge in [-0.15, -0.1) is 0 Å².